The normalized spacial score (nSPS) is 16.3. The first-order valence-electron chi connectivity index (χ1n) is 9.56. The van der Waals surface area contributed by atoms with E-state index in [1.165, 1.54) is 6.92 Å². The molecule has 6 nitrogen and oxygen atoms in total. The minimum Gasteiger partial charge on any atom is -0.489 e. The molecule has 6 heteroatoms. The highest BCUT2D eigenvalue weighted by atomic mass is 16.5. The molecule has 0 radical (unpaired) electrons. The molecule has 2 aromatic rings. The summed E-state index contributed by atoms with van der Waals surface area (Å²) in [6.45, 7) is 4.56. The summed E-state index contributed by atoms with van der Waals surface area (Å²) < 4.78 is 11.6. The van der Waals surface area contributed by atoms with Crippen molar-refractivity contribution in [2.75, 3.05) is 23.8 Å². The van der Waals surface area contributed by atoms with Crippen LogP contribution in [0.1, 0.15) is 42.1 Å². The summed E-state index contributed by atoms with van der Waals surface area (Å²) >= 11 is 0. The summed E-state index contributed by atoms with van der Waals surface area (Å²) in [7, 11) is 0. The molecule has 1 atom stereocenters. The van der Waals surface area contributed by atoms with Gasteiger partial charge in [-0.25, -0.2) is 0 Å². The number of carbonyl (C=O) groups is 2. The molecule has 2 amide bonds. The van der Waals surface area contributed by atoms with Crippen LogP contribution in [-0.4, -0.2) is 31.1 Å². The largest absolute Gasteiger partial charge is 0.489 e. The highest BCUT2D eigenvalue weighted by Gasteiger charge is 2.16. The molecule has 1 heterocycles. The van der Waals surface area contributed by atoms with Gasteiger partial charge in [0.15, 0.2) is 0 Å². The molecule has 0 aliphatic carbocycles. The van der Waals surface area contributed by atoms with Crippen molar-refractivity contribution in [1.29, 1.82) is 0 Å². The first kappa shape index (κ1) is 19.9. The van der Waals surface area contributed by atoms with Gasteiger partial charge in [0.25, 0.3) is 5.91 Å². The van der Waals surface area contributed by atoms with E-state index in [0.29, 0.717) is 29.3 Å². The monoisotopic (exact) mass is 382 g/mol. The zero-order valence-corrected chi connectivity index (χ0v) is 16.3. The third kappa shape index (κ3) is 5.33. The zero-order valence-electron chi connectivity index (χ0n) is 16.3. The van der Waals surface area contributed by atoms with Crippen LogP contribution >= 0.6 is 0 Å². The number of aryl methyl sites for hydroxylation is 1. The molecular weight excluding hydrogens is 356 g/mol. The van der Waals surface area contributed by atoms with Crippen LogP contribution in [0.15, 0.2) is 42.5 Å². The summed E-state index contributed by atoms with van der Waals surface area (Å²) in [5.74, 6) is 0.167. The molecule has 3 rings (SSSR count). The van der Waals surface area contributed by atoms with Gasteiger partial charge in [-0.3, -0.25) is 9.59 Å². The van der Waals surface area contributed by atoms with Gasteiger partial charge in [-0.2, -0.15) is 0 Å². The Morgan fingerprint density at radius 2 is 1.93 bits per heavy atom. The summed E-state index contributed by atoms with van der Waals surface area (Å²) in [6.07, 6.45) is 3.33. The van der Waals surface area contributed by atoms with Crippen molar-refractivity contribution >= 4 is 23.2 Å². The lowest BCUT2D eigenvalue weighted by Gasteiger charge is -2.23. The molecule has 148 valence electrons. The number of rotatable bonds is 6. The predicted octanol–water partition coefficient (Wildman–Crippen LogP) is 4.15. The maximum atomic E-state index is 12.7. The van der Waals surface area contributed by atoms with Gasteiger partial charge in [0.2, 0.25) is 5.91 Å². The molecule has 1 aliphatic heterocycles. The van der Waals surface area contributed by atoms with Crippen molar-refractivity contribution in [3.8, 4) is 5.75 Å². The highest BCUT2D eigenvalue weighted by molar-refractivity contribution is 6.06. The average Bonchev–Trinajstić information content (AvgIpc) is 2.69. The summed E-state index contributed by atoms with van der Waals surface area (Å²) in [4.78, 5) is 24.1. The zero-order chi connectivity index (χ0) is 19.9. The Balaban J connectivity index is 1.69. The van der Waals surface area contributed by atoms with Crippen molar-refractivity contribution in [2.24, 2.45) is 0 Å². The molecule has 0 saturated carbocycles. The summed E-state index contributed by atoms with van der Waals surface area (Å²) in [6, 6.07) is 12.6. The number of benzene rings is 2. The van der Waals surface area contributed by atoms with Gasteiger partial charge in [0.1, 0.15) is 12.4 Å². The van der Waals surface area contributed by atoms with Gasteiger partial charge in [-0.15, -0.1) is 0 Å². The van der Waals surface area contributed by atoms with Gasteiger partial charge < -0.3 is 20.1 Å². The average molecular weight is 382 g/mol. The number of para-hydroxylation sites is 2. The predicted molar refractivity (Wildman–Crippen MR) is 109 cm³/mol. The maximum Gasteiger partial charge on any atom is 0.255 e. The van der Waals surface area contributed by atoms with Crippen molar-refractivity contribution in [3.05, 3.63) is 53.6 Å². The van der Waals surface area contributed by atoms with Gasteiger partial charge in [-0.05, 0) is 56.0 Å². The van der Waals surface area contributed by atoms with E-state index in [1.807, 2.05) is 31.2 Å². The second kappa shape index (κ2) is 9.37. The molecule has 0 aromatic heterocycles. The lowest BCUT2D eigenvalue weighted by molar-refractivity contribution is -0.114. The standard InChI is InChI=1S/C22H26N2O4/c1-15-10-11-17(13-20(15)23-16(2)25)22(26)24-19-8-3-4-9-21(19)28-14-18-7-5-6-12-27-18/h3-4,8-11,13,18H,5-7,12,14H2,1-2H3,(H,23,25)(H,24,26). The smallest absolute Gasteiger partial charge is 0.255 e. The molecule has 0 spiro atoms. The van der Waals surface area contributed by atoms with Gasteiger partial charge in [-0.1, -0.05) is 18.2 Å². The number of carbonyl (C=O) groups excluding carboxylic acids is 2. The van der Waals surface area contributed by atoms with Crippen LogP contribution in [0.4, 0.5) is 11.4 Å². The molecule has 1 saturated heterocycles. The summed E-state index contributed by atoms with van der Waals surface area (Å²) in [5.41, 5.74) is 2.58. The van der Waals surface area contributed by atoms with E-state index in [9.17, 15) is 9.59 Å². The third-order valence-corrected chi connectivity index (χ3v) is 4.64. The van der Waals surface area contributed by atoms with E-state index < -0.39 is 0 Å². The lowest BCUT2D eigenvalue weighted by Crippen LogP contribution is -2.26. The van der Waals surface area contributed by atoms with Crippen LogP contribution in [-0.2, 0) is 9.53 Å². The maximum absolute atomic E-state index is 12.7. The van der Waals surface area contributed by atoms with E-state index >= 15 is 0 Å². The number of ether oxygens (including phenoxy) is 2. The van der Waals surface area contributed by atoms with Crippen LogP contribution in [0.25, 0.3) is 0 Å². The molecule has 0 bridgehead atoms. The molecule has 28 heavy (non-hydrogen) atoms. The second-order valence-corrected chi connectivity index (χ2v) is 6.96. The SMILES string of the molecule is CC(=O)Nc1cc(C(=O)Nc2ccccc2OCC2CCCCO2)ccc1C. The minimum atomic E-state index is -0.267. The molecule has 1 unspecified atom stereocenters. The van der Waals surface area contributed by atoms with Crippen LogP contribution in [0.3, 0.4) is 0 Å². The van der Waals surface area contributed by atoms with Crippen LogP contribution < -0.4 is 15.4 Å². The molecule has 1 aliphatic rings. The van der Waals surface area contributed by atoms with Gasteiger partial charge in [0.05, 0.1) is 11.8 Å². The molecule has 1 fully saturated rings. The van der Waals surface area contributed by atoms with Gasteiger partial charge in [0, 0.05) is 24.8 Å². The highest BCUT2D eigenvalue weighted by Crippen LogP contribution is 2.26. The molecule has 2 N–H and O–H groups in total. The molecule has 2 aromatic carbocycles. The van der Waals surface area contributed by atoms with E-state index in [2.05, 4.69) is 10.6 Å². The Morgan fingerprint density at radius 3 is 2.68 bits per heavy atom. The third-order valence-electron chi connectivity index (χ3n) is 4.64. The van der Waals surface area contributed by atoms with Crippen LogP contribution in [0.5, 0.6) is 5.75 Å². The fourth-order valence-electron chi connectivity index (χ4n) is 3.10. The quantitative estimate of drug-likeness (QED) is 0.787. The minimum absolute atomic E-state index is 0.0924. The number of amides is 2. The van der Waals surface area contributed by atoms with Crippen LogP contribution in [0, 0.1) is 6.92 Å². The van der Waals surface area contributed by atoms with E-state index in [4.69, 9.17) is 9.47 Å². The number of hydrogen-bond acceptors (Lipinski definition) is 4. The fourth-order valence-corrected chi connectivity index (χ4v) is 3.10. The topological polar surface area (TPSA) is 76.7 Å². The Kier molecular flexibility index (Phi) is 6.66. The van der Waals surface area contributed by atoms with Crippen molar-refractivity contribution in [2.45, 2.75) is 39.2 Å². The summed E-state index contributed by atoms with van der Waals surface area (Å²) in [5, 5.41) is 5.64. The van der Waals surface area contributed by atoms with Crippen LogP contribution in [0.2, 0.25) is 0 Å². The Hall–Kier alpha value is -2.86. The second-order valence-electron chi connectivity index (χ2n) is 6.96. The van der Waals surface area contributed by atoms with E-state index in [1.54, 1.807) is 18.2 Å². The Labute approximate surface area is 165 Å². The number of anilines is 2. The van der Waals surface area contributed by atoms with Crippen molar-refractivity contribution in [3.63, 3.8) is 0 Å². The van der Waals surface area contributed by atoms with Crippen molar-refractivity contribution in [1.82, 2.24) is 0 Å². The van der Waals surface area contributed by atoms with Crippen molar-refractivity contribution < 1.29 is 19.1 Å². The van der Waals surface area contributed by atoms with Gasteiger partial charge >= 0.3 is 0 Å². The van der Waals surface area contributed by atoms with E-state index in [0.717, 1.165) is 31.4 Å². The lowest BCUT2D eigenvalue weighted by atomic mass is 10.1. The first-order chi connectivity index (χ1) is 13.5. The fraction of sp³-hybridized carbons (Fsp3) is 0.364. The number of hydrogen-bond donors (Lipinski definition) is 2. The number of nitrogens with one attached hydrogen (secondary N) is 2. The Morgan fingerprint density at radius 1 is 1.11 bits per heavy atom. The van der Waals surface area contributed by atoms with E-state index in [-0.39, 0.29) is 17.9 Å². The Bertz CT molecular complexity index is 844. The first-order valence-corrected chi connectivity index (χ1v) is 9.56. The molecular formula is C22H26N2O4.